The van der Waals surface area contributed by atoms with E-state index in [9.17, 15) is 4.79 Å². The second-order valence-corrected chi connectivity index (χ2v) is 6.27. The Morgan fingerprint density at radius 1 is 1.07 bits per heavy atom. The lowest BCUT2D eigenvalue weighted by molar-refractivity contribution is 0.0736. The molecule has 27 heavy (non-hydrogen) atoms. The minimum absolute atomic E-state index is 0.115. The zero-order valence-corrected chi connectivity index (χ0v) is 15.0. The van der Waals surface area contributed by atoms with Crippen LogP contribution in [0.25, 0.3) is 16.7 Å². The van der Waals surface area contributed by atoms with E-state index in [1.807, 2.05) is 55.5 Å². The molecule has 4 aromatic rings. The summed E-state index contributed by atoms with van der Waals surface area (Å²) in [6, 6.07) is 15.3. The molecule has 0 radical (unpaired) electrons. The van der Waals surface area contributed by atoms with Crippen molar-refractivity contribution in [2.45, 2.75) is 13.0 Å². The number of benzene rings is 2. The van der Waals surface area contributed by atoms with Crippen LogP contribution in [0.1, 0.15) is 29.0 Å². The van der Waals surface area contributed by atoms with Crippen molar-refractivity contribution >= 4 is 16.9 Å². The van der Waals surface area contributed by atoms with Gasteiger partial charge in [-0.3, -0.25) is 9.78 Å². The first-order chi connectivity index (χ1) is 13.1. The van der Waals surface area contributed by atoms with Crippen molar-refractivity contribution in [3.8, 4) is 5.69 Å². The lowest BCUT2D eigenvalue weighted by Gasteiger charge is -2.25. The molecule has 7 nitrogen and oxygen atoms in total. The number of carbonyl (C=O) groups is 1. The predicted octanol–water partition coefficient (Wildman–Crippen LogP) is 3.04. The Labute approximate surface area is 156 Å². The first-order valence-corrected chi connectivity index (χ1v) is 8.57. The maximum atomic E-state index is 12.9. The van der Waals surface area contributed by atoms with Gasteiger partial charge in [-0.25, -0.2) is 14.6 Å². The summed E-state index contributed by atoms with van der Waals surface area (Å²) < 4.78 is 1.69. The van der Waals surface area contributed by atoms with E-state index < -0.39 is 0 Å². The quantitative estimate of drug-likeness (QED) is 0.560. The number of carbonyl (C=O) groups excluding carboxylic acids is 1. The Morgan fingerprint density at radius 3 is 2.52 bits per heavy atom. The van der Waals surface area contributed by atoms with E-state index in [4.69, 9.17) is 0 Å². The fraction of sp³-hybridized carbons (Fsp3) is 0.150. The second kappa shape index (κ2) is 6.95. The molecule has 0 unspecified atom stereocenters. The van der Waals surface area contributed by atoms with Gasteiger partial charge in [0.15, 0.2) is 0 Å². The predicted molar refractivity (Wildman–Crippen MR) is 101 cm³/mol. The van der Waals surface area contributed by atoms with Gasteiger partial charge in [0, 0.05) is 7.05 Å². The molecule has 1 amide bonds. The molecule has 2 aromatic heterocycles. The number of hydrogen-bond donors (Lipinski definition) is 0. The summed E-state index contributed by atoms with van der Waals surface area (Å²) in [5, 5.41) is 4.11. The topological polar surface area (TPSA) is 76.8 Å². The molecule has 2 heterocycles. The summed E-state index contributed by atoms with van der Waals surface area (Å²) in [5.74, 6) is -0.166. The van der Waals surface area contributed by atoms with Gasteiger partial charge >= 0.3 is 0 Å². The highest BCUT2D eigenvalue weighted by Crippen LogP contribution is 2.22. The smallest absolute Gasteiger partial charge is 0.274 e. The first kappa shape index (κ1) is 16.8. The normalized spacial score (nSPS) is 12.1. The highest BCUT2D eigenvalue weighted by molar-refractivity contribution is 5.93. The van der Waals surface area contributed by atoms with Gasteiger partial charge in [0.05, 0.1) is 29.0 Å². The summed E-state index contributed by atoms with van der Waals surface area (Å²) in [6.45, 7) is 1.98. The molecule has 134 valence electrons. The van der Waals surface area contributed by atoms with Crippen molar-refractivity contribution in [1.82, 2.24) is 29.6 Å². The molecule has 1 atom stereocenters. The Kier molecular flexibility index (Phi) is 4.33. The zero-order valence-electron chi connectivity index (χ0n) is 15.0. The molecule has 0 saturated heterocycles. The summed E-state index contributed by atoms with van der Waals surface area (Å²) in [5.41, 5.74) is 3.75. The molecule has 7 heteroatoms. The van der Waals surface area contributed by atoms with Gasteiger partial charge in [-0.1, -0.05) is 24.3 Å². The monoisotopic (exact) mass is 358 g/mol. The van der Waals surface area contributed by atoms with Crippen LogP contribution in [0, 0.1) is 0 Å². The van der Waals surface area contributed by atoms with E-state index in [1.165, 1.54) is 12.5 Å². The van der Waals surface area contributed by atoms with Crippen LogP contribution in [0.2, 0.25) is 0 Å². The summed E-state index contributed by atoms with van der Waals surface area (Å²) in [4.78, 5) is 27.3. The van der Waals surface area contributed by atoms with Crippen molar-refractivity contribution < 1.29 is 4.79 Å². The van der Waals surface area contributed by atoms with Crippen LogP contribution in [-0.4, -0.2) is 42.6 Å². The lowest BCUT2D eigenvalue weighted by Crippen LogP contribution is -2.30. The van der Waals surface area contributed by atoms with Crippen molar-refractivity contribution in [3.05, 3.63) is 78.6 Å². The van der Waals surface area contributed by atoms with Crippen molar-refractivity contribution in [2.75, 3.05) is 7.05 Å². The summed E-state index contributed by atoms with van der Waals surface area (Å²) >= 11 is 0. The van der Waals surface area contributed by atoms with Gasteiger partial charge in [0.2, 0.25) is 0 Å². The van der Waals surface area contributed by atoms with E-state index in [-0.39, 0.29) is 11.9 Å². The van der Waals surface area contributed by atoms with Crippen molar-refractivity contribution in [2.24, 2.45) is 0 Å². The third-order valence-corrected chi connectivity index (χ3v) is 4.63. The van der Waals surface area contributed by atoms with Crippen LogP contribution in [0.3, 0.4) is 0 Å². The molecule has 0 aliphatic rings. The largest absolute Gasteiger partial charge is 0.334 e. The first-order valence-electron chi connectivity index (χ1n) is 8.57. The van der Waals surface area contributed by atoms with Crippen LogP contribution in [0.4, 0.5) is 0 Å². The molecule has 0 aliphatic carbocycles. The average molecular weight is 358 g/mol. The highest BCUT2D eigenvalue weighted by atomic mass is 16.2. The molecule has 2 aromatic carbocycles. The fourth-order valence-electron chi connectivity index (χ4n) is 2.89. The maximum Gasteiger partial charge on any atom is 0.274 e. The SMILES string of the molecule is C[C@@H](c1ccc(-n2cncn2)cc1)N(C)C(=O)c1cnc2ccccc2n1. The lowest BCUT2D eigenvalue weighted by atomic mass is 10.1. The summed E-state index contributed by atoms with van der Waals surface area (Å²) in [7, 11) is 1.77. The minimum atomic E-state index is -0.166. The molecular formula is C20H18N6O. The van der Waals surface area contributed by atoms with E-state index in [1.54, 1.807) is 23.0 Å². The van der Waals surface area contributed by atoms with Crippen molar-refractivity contribution in [1.29, 1.82) is 0 Å². The number of amides is 1. The van der Waals surface area contributed by atoms with Crippen LogP contribution >= 0.6 is 0 Å². The number of para-hydroxylation sites is 2. The number of rotatable bonds is 4. The van der Waals surface area contributed by atoms with Gasteiger partial charge in [0.25, 0.3) is 5.91 Å². The van der Waals surface area contributed by atoms with Crippen LogP contribution < -0.4 is 0 Å². The molecule has 0 fully saturated rings. The molecule has 0 aliphatic heterocycles. The zero-order chi connectivity index (χ0) is 18.8. The number of nitrogens with zero attached hydrogens (tertiary/aromatic N) is 6. The Balaban J connectivity index is 1.55. The maximum absolute atomic E-state index is 12.9. The van der Waals surface area contributed by atoms with Crippen LogP contribution in [0.15, 0.2) is 67.4 Å². The Morgan fingerprint density at radius 2 is 1.81 bits per heavy atom. The van der Waals surface area contributed by atoms with E-state index in [0.29, 0.717) is 11.2 Å². The third-order valence-electron chi connectivity index (χ3n) is 4.63. The molecule has 0 spiro atoms. The standard InChI is InChI=1S/C20H18N6O/c1-14(15-7-9-16(10-8-15)26-13-21-12-23-26)25(2)20(27)19-11-22-17-5-3-4-6-18(17)24-19/h3-14H,1-2H3/t14-/m0/s1. The van der Waals surface area contributed by atoms with Gasteiger partial charge in [-0.05, 0) is 36.8 Å². The molecule has 4 rings (SSSR count). The Bertz CT molecular complexity index is 1080. The molecule has 0 N–H and O–H groups in total. The molecular weight excluding hydrogens is 340 g/mol. The van der Waals surface area contributed by atoms with Gasteiger partial charge < -0.3 is 4.90 Å². The van der Waals surface area contributed by atoms with Crippen LogP contribution in [-0.2, 0) is 0 Å². The highest BCUT2D eigenvalue weighted by Gasteiger charge is 2.20. The second-order valence-electron chi connectivity index (χ2n) is 6.27. The molecule has 0 bridgehead atoms. The number of aromatic nitrogens is 5. The van der Waals surface area contributed by atoms with Gasteiger partial charge in [0.1, 0.15) is 18.3 Å². The van der Waals surface area contributed by atoms with Gasteiger partial charge in [-0.15, -0.1) is 0 Å². The Hall–Kier alpha value is -3.61. The van der Waals surface area contributed by atoms with E-state index in [0.717, 1.165) is 16.8 Å². The number of fused-ring (bicyclic) bond motifs is 1. The minimum Gasteiger partial charge on any atom is -0.334 e. The van der Waals surface area contributed by atoms with E-state index >= 15 is 0 Å². The summed E-state index contributed by atoms with van der Waals surface area (Å²) in [6.07, 6.45) is 4.67. The van der Waals surface area contributed by atoms with Gasteiger partial charge in [-0.2, -0.15) is 5.10 Å². The van der Waals surface area contributed by atoms with E-state index in [2.05, 4.69) is 20.1 Å². The average Bonchev–Trinajstić information content (AvgIpc) is 3.27. The fourth-order valence-corrected chi connectivity index (χ4v) is 2.89. The molecule has 0 saturated carbocycles. The third kappa shape index (κ3) is 3.27. The number of hydrogen-bond acceptors (Lipinski definition) is 5. The van der Waals surface area contributed by atoms with Crippen molar-refractivity contribution in [3.63, 3.8) is 0 Å². The van der Waals surface area contributed by atoms with Crippen LogP contribution in [0.5, 0.6) is 0 Å².